The summed E-state index contributed by atoms with van der Waals surface area (Å²) in [5.74, 6) is -0.558. The van der Waals surface area contributed by atoms with Crippen molar-refractivity contribution < 1.29 is 14.3 Å². The van der Waals surface area contributed by atoms with E-state index in [-0.39, 0.29) is 5.76 Å². The summed E-state index contributed by atoms with van der Waals surface area (Å²) in [5, 5.41) is 13.0. The molecule has 2 aromatic heterocycles. The van der Waals surface area contributed by atoms with Gasteiger partial charge in [0.15, 0.2) is 0 Å². The molecule has 0 aliphatic carbocycles. The molecule has 0 bridgehead atoms. The van der Waals surface area contributed by atoms with Crippen molar-refractivity contribution in [1.29, 1.82) is 0 Å². The van der Waals surface area contributed by atoms with Gasteiger partial charge >= 0.3 is 5.97 Å². The van der Waals surface area contributed by atoms with Crippen molar-refractivity contribution in [3.05, 3.63) is 60.2 Å². The van der Waals surface area contributed by atoms with Crippen molar-refractivity contribution in [3.8, 4) is 0 Å². The number of hydrogen-bond donors (Lipinski definition) is 2. The van der Waals surface area contributed by atoms with E-state index in [2.05, 4.69) is 10.3 Å². The largest absolute Gasteiger partial charge is 0.475 e. The summed E-state index contributed by atoms with van der Waals surface area (Å²) in [4.78, 5) is 15.1. The molecule has 5 heteroatoms. The lowest BCUT2D eigenvalue weighted by Gasteiger charge is -2.05. The van der Waals surface area contributed by atoms with Gasteiger partial charge in [0.2, 0.25) is 5.76 Å². The van der Waals surface area contributed by atoms with E-state index in [4.69, 9.17) is 9.52 Å². The summed E-state index contributed by atoms with van der Waals surface area (Å²) < 4.78 is 5.17. The van der Waals surface area contributed by atoms with Crippen LogP contribution in [-0.4, -0.2) is 16.1 Å². The number of anilines is 1. The van der Waals surface area contributed by atoms with E-state index in [1.54, 1.807) is 12.3 Å². The Kier molecular flexibility index (Phi) is 3.09. The molecule has 0 fully saturated rings. The smallest absolute Gasteiger partial charge is 0.371 e. The lowest BCUT2D eigenvalue weighted by atomic mass is 10.2. The molecule has 0 saturated heterocycles. The van der Waals surface area contributed by atoms with E-state index in [1.165, 1.54) is 6.07 Å². The first kappa shape index (κ1) is 12.2. The number of fused-ring (bicyclic) bond motifs is 1. The van der Waals surface area contributed by atoms with Crippen LogP contribution in [0.1, 0.15) is 16.3 Å². The fourth-order valence-electron chi connectivity index (χ4n) is 1.94. The second kappa shape index (κ2) is 5.05. The standard InChI is InChI=1S/C15H12N2O3/c18-15(19)14-6-5-12(20-14)9-16-11-7-10-3-1-2-4-13(10)17-8-11/h1-8,16H,9H2,(H,18,19). The zero-order valence-corrected chi connectivity index (χ0v) is 10.5. The first-order valence-electron chi connectivity index (χ1n) is 6.13. The van der Waals surface area contributed by atoms with E-state index in [1.807, 2.05) is 30.3 Å². The Bertz CT molecular complexity index is 764. The van der Waals surface area contributed by atoms with Gasteiger partial charge in [-0.1, -0.05) is 18.2 Å². The van der Waals surface area contributed by atoms with E-state index >= 15 is 0 Å². The number of carbonyl (C=O) groups is 1. The molecule has 0 amide bonds. The van der Waals surface area contributed by atoms with Crippen LogP contribution >= 0.6 is 0 Å². The number of nitrogens with zero attached hydrogens (tertiary/aromatic N) is 1. The molecular weight excluding hydrogens is 256 g/mol. The van der Waals surface area contributed by atoms with Crippen molar-refractivity contribution in [2.24, 2.45) is 0 Å². The molecule has 5 nitrogen and oxygen atoms in total. The normalized spacial score (nSPS) is 10.6. The topological polar surface area (TPSA) is 75.4 Å². The van der Waals surface area contributed by atoms with Gasteiger partial charge < -0.3 is 14.8 Å². The van der Waals surface area contributed by atoms with Crippen LogP contribution < -0.4 is 5.32 Å². The van der Waals surface area contributed by atoms with Gasteiger partial charge in [-0.2, -0.15) is 0 Å². The van der Waals surface area contributed by atoms with Crippen molar-refractivity contribution in [1.82, 2.24) is 4.98 Å². The lowest BCUT2D eigenvalue weighted by molar-refractivity contribution is 0.0660. The number of benzene rings is 1. The minimum atomic E-state index is -1.07. The van der Waals surface area contributed by atoms with Crippen LogP contribution in [0.15, 0.2) is 53.1 Å². The number of para-hydroxylation sites is 1. The van der Waals surface area contributed by atoms with Gasteiger partial charge in [-0.15, -0.1) is 0 Å². The summed E-state index contributed by atoms with van der Waals surface area (Å²) in [6.45, 7) is 0.410. The molecule has 0 radical (unpaired) electrons. The Hall–Kier alpha value is -2.82. The lowest BCUT2D eigenvalue weighted by Crippen LogP contribution is -1.99. The fourth-order valence-corrected chi connectivity index (χ4v) is 1.94. The number of carboxylic acid groups (broad SMARTS) is 1. The molecule has 0 aliphatic rings. The quantitative estimate of drug-likeness (QED) is 0.760. The molecule has 0 atom stereocenters. The molecule has 2 N–H and O–H groups in total. The maximum absolute atomic E-state index is 10.7. The van der Waals surface area contributed by atoms with Gasteiger partial charge in [-0.3, -0.25) is 4.98 Å². The number of furan rings is 1. The molecule has 3 aromatic rings. The second-order valence-corrected chi connectivity index (χ2v) is 4.34. The van der Waals surface area contributed by atoms with Crippen LogP contribution in [0, 0.1) is 0 Å². The molecule has 2 heterocycles. The third kappa shape index (κ3) is 2.47. The number of pyridine rings is 1. The summed E-state index contributed by atoms with van der Waals surface area (Å²) in [5.41, 5.74) is 1.79. The van der Waals surface area contributed by atoms with Crippen LogP contribution in [0.5, 0.6) is 0 Å². The molecule has 3 rings (SSSR count). The molecule has 0 saturated carbocycles. The third-order valence-electron chi connectivity index (χ3n) is 2.93. The molecule has 0 aliphatic heterocycles. The average Bonchev–Trinajstić information content (AvgIpc) is 2.94. The van der Waals surface area contributed by atoms with Crippen LogP contribution in [0.2, 0.25) is 0 Å². The number of aromatic carboxylic acids is 1. The Morgan fingerprint density at radius 2 is 2.10 bits per heavy atom. The highest BCUT2D eigenvalue weighted by molar-refractivity contribution is 5.84. The third-order valence-corrected chi connectivity index (χ3v) is 2.93. The van der Waals surface area contributed by atoms with Crippen molar-refractivity contribution in [3.63, 3.8) is 0 Å². The van der Waals surface area contributed by atoms with Crippen LogP contribution in [0.3, 0.4) is 0 Å². The summed E-state index contributed by atoms with van der Waals surface area (Å²) in [6.07, 6.45) is 1.74. The molecule has 1 aromatic carbocycles. The summed E-state index contributed by atoms with van der Waals surface area (Å²) in [6, 6.07) is 12.9. The van der Waals surface area contributed by atoms with Gasteiger partial charge in [0.1, 0.15) is 5.76 Å². The SMILES string of the molecule is O=C(O)c1ccc(CNc2cnc3ccccc3c2)o1. The number of carboxylic acids is 1. The van der Waals surface area contributed by atoms with E-state index in [0.29, 0.717) is 12.3 Å². The number of hydrogen-bond acceptors (Lipinski definition) is 4. The van der Waals surface area contributed by atoms with Crippen LogP contribution in [0.25, 0.3) is 10.9 Å². The highest BCUT2D eigenvalue weighted by Gasteiger charge is 2.08. The Morgan fingerprint density at radius 1 is 1.25 bits per heavy atom. The zero-order chi connectivity index (χ0) is 13.9. The van der Waals surface area contributed by atoms with Crippen molar-refractivity contribution >= 4 is 22.6 Å². The molecule has 100 valence electrons. The number of aromatic nitrogens is 1. The zero-order valence-electron chi connectivity index (χ0n) is 10.5. The predicted molar refractivity (Wildman–Crippen MR) is 74.7 cm³/mol. The van der Waals surface area contributed by atoms with Gasteiger partial charge in [-0.25, -0.2) is 4.79 Å². The van der Waals surface area contributed by atoms with E-state index < -0.39 is 5.97 Å². The second-order valence-electron chi connectivity index (χ2n) is 4.34. The van der Waals surface area contributed by atoms with E-state index in [0.717, 1.165) is 16.6 Å². The fraction of sp³-hybridized carbons (Fsp3) is 0.0667. The first-order valence-corrected chi connectivity index (χ1v) is 6.13. The average molecular weight is 268 g/mol. The highest BCUT2D eigenvalue weighted by Crippen LogP contribution is 2.17. The van der Waals surface area contributed by atoms with Crippen molar-refractivity contribution in [2.75, 3.05) is 5.32 Å². The van der Waals surface area contributed by atoms with Crippen molar-refractivity contribution in [2.45, 2.75) is 6.54 Å². The van der Waals surface area contributed by atoms with Crippen LogP contribution in [-0.2, 0) is 6.54 Å². The Balaban J connectivity index is 1.74. The highest BCUT2D eigenvalue weighted by atomic mass is 16.4. The molecule has 0 unspecified atom stereocenters. The molecule has 0 spiro atoms. The molecule has 20 heavy (non-hydrogen) atoms. The monoisotopic (exact) mass is 268 g/mol. The summed E-state index contributed by atoms with van der Waals surface area (Å²) in [7, 11) is 0. The van der Waals surface area contributed by atoms with Gasteiger partial charge in [0.05, 0.1) is 23.9 Å². The maximum atomic E-state index is 10.7. The first-order chi connectivity index (χ1) is 9.72. The van der Waals surface area contributed by atoms with Crippen LogP contribution in [0.4, 0.5) is 5.69 Å². The van der Waals surface area contributed by atoms with Gasteiger partial charge in [0, 0.05) is 5.39 Å². The molecular formula is C15H12N2O3. The predicted octanol–water partition coefficient (Wildman–Crippen LogP) is 3.14. The van der Waals surface area contributed by atoms with Gasteiger partial charge in [-0.05, 0) is 24.3 Å². The Morgan fingerprint density at radius 3 is 2.90 bits per heavy atom. The Labute approximate surface area is 114 Å². The number of nitrogens with one attached hydrogen (secondary N) is 1. The minimum Gasteiger partial charge on any atom is -0.475 e. The maximum Gasteiger partial charge on any atom is 0.371 e. The minimum absolute atomic E-state index is 0.0570. The summed E-state index contributed by atoms with van der Waals surface area (Å²) >= 11 is 0. The number of rotatable bonds is 4. The van der Waals surface area contributed by atoms with E-state index in [9.17, 15) is 4.79 Å². The van der Waals surface area contributed by atoms with Gasteiger partial charge in [0.25, 0.3) is 0 Å².